The van der Waals surface area contributed by atoms with Crippen LogP contribution in [0.1, 0.15) is 72.1 Å². The lowest BCUT2D eigenvalue weighted by molar-refractivity contribution is -0.278. The maximum atomic E-state index is 11.4. The molecule has 5 nitrogen and oxygen atoms in total. The summed E-state index contributed by atoms with van der Waals surface area (Å²) in [5.74, 6) is 1.39. The van der Waals surface area contributed by atoms with Gasteiger partial charge in [0.1, 0.15) is 0 Å². The Morgan fingerprint density at radius 3 is 2.59 bits per heavy atom. The second-order valence-corrected chi connectivity index (χ2v) is 12.8. The van der Waals surface area contributed by atoms with Gasteiger partial charge in [0.15, 0.2) is 5.79 Å². The molecule has 0 aromatic heterocycles. The normalized spacial score (nSPS) is 59.2. The molecule has 0 aromatic rings. The Morgan fingerprint density at radius 1 is 1.06 bits per heavy atom. The number of hydrogen-bond donors (Lipinski definition) is 3. The molecule has 6 aliphatic rings. The van der Waals surface area contributed by atoms with E-state index in [1.165, 1.54) is 5.57 Å². The molecule has 2 aliphatic heterocycles. The number of ether oxygens (including phenoxy) is 2. The van der Waals surface area contributed by atoms with Gasteiger partial charge in [-0.15, -0.1) is 0 Å². The van der Waals surface area contributed by atoms with E-state index in [4.69, 9.17) is 9.47 Å². The fraction of sp³-hybridized carbons (Fsp3) is 0.926. The molecule has 5 heteroatoms. The van der Waals surface area contributed by atoms with Gasteiger partial charge in [-0.05, 0) is 79.4 Å². The third-order valence-electron chi connectivity index (χ3n) is 11.3. The fourth-order valence-electron chi connectivity index (χ4n) is 9.64. The molecule has 5 fully saturated rings. The number of aliphatic hydroxyl groups is 3. The molecule has 2 heterocycles. The molecule has 4 aliphatic carbocycles. The zero-order valence-corrected chi connectivity index (χ0v) is 20.0. The summed E-state index contributed by atoms with van der Waals surface area (Å²) in [6.07, 6.45) is 9.34. The third-order valence-corrected chi connectivity index (χ3v) is 11.3. The minimum absolute atomic E-state index is 0.0267. The minimum Gasteiger partial charge on any atom is -0.396 e. The molecule has 3 N–H and O–H groups in total. The quantitative estimate of drug-likeness (QED) is 0.536. The predicted molar refractivity (Wildman–Crippen MR) is 121 cm³/mol. The van der Waals surface area contributed by atoms with Gasteiger partial charge < -0.3 is 24.8 Å². The summed E-state index contributed by atoms with van der Waals surface area (Å²) in [5.41, 5.74) is 1.45. The smallest absolute Gasteiger partial charge is 0.174 e. The van der Waals surface area contributed by atoms with Crippen LogP contribution in [0.15, 0.2) is 11.6 Å². The SMILES string of the molecule is C[C@@H]1CC[C@@]2(OC1)O[C@H]1C[C@H]3[C@@H]4[C@@H](O)C=C5C[C@@H](O)CC[C@]5(C)[C@H]4CC[C@]3(C)[C@H]1[C@@H]2CO. The highest BCUT2D eigenvalue weighted by Gasteiger charge is 2.70. The highest BCUT2D eigenvalue weighted by Crippen LogP contribution is 2.70. The first-order valence-corrected chi connectivity index (χ1v) is 13.2. The summed E-state index contributed by atoms with van der Waals surface area (Å²) < 4.78 is 13.1. The Labute approximate surface area is 192 Å². The molecular weight excluding hydrogens is 404 g/mol. The molecule has 1 spiro atoms. The van der Waals surface area contributed by atoms with Crippen molar-refractivity contribution in [3.05, 3.63) is 11.6 Å². The maximum absolute atomic E-state index is 11.4. The molecule has 6 rings (SSSR count). The predicted octanol–water partition coefficient (Wildman–Crippen LogP) is 3.66. The van der Waals surface area contributed by atoms with Gasteiger partial charge in [0, 0.05) is 18.3 Å². The van der Waals surface area contributed by atoms with Crippen molar-refractivity contribution >= 4 is 0 Å². The highest BCUT2D eigenvalue weighted by molar-refractivity contribution is 5.28. The van der Waals surface area contributed by atoms with Crippen LogP contribution in [0.5, 0.6) is 0 Å². The van der Waals surface area contributed by atoms with Gasteiger partial charge in [0.25, 0.3) is 0 Å². The summed E-state index contributed by atoms with van der Waals surface area (Å²) in [7, 11) is 0. The lowest BCUT2D eigenvalue weighted by Gasteiger charge is -2.59. The van der Waals surface area contributed by atoms with Crippen LogP contribution < -0.4 is 0 Å². The Balaban J connectivity index is 1.32. The summed E-state index contributed by atoms with van der Waals surface area (Å²) >= 11 is 0. The summed E-state index contributed by atoms with van der Waals surface area (Å²) in [4.78, 5) is 0. The van der Waals surface area contributed by atoms with Crippen molar-refractivity contribution in [2.24, 2.45) is 46.3 Å². The minimum atomic E-state index is -0.606. The van der Waals surface area contributed by atoms with Crippen molar-refractivity contribution in [1.29, 1.82) is 0 Å². The first-order valence-electron chi connectivity index (χ1n) is 13.2. The molecule has 0 unspecified atom stereocenters. The Kier molecular flexibility index (Phi) is 5.01. The molecule has 180 valence electrons. The van der Waals surface area contributed by atoms with Crippen LogP contribution in [-0.2, 0) is 9.47 Å². The molecule has 0 radical (unpaired) electrons. The molecular formula is C27H42O5. The fourth-order valence-corrected chi connectivity index (χ4v) is 9.64. The molecule has 32 heavy (non-hydrogen) atoms. The topological polar surface area (TPSA) is 79.2 Å². The largest absolute Gasteiger partial charge is 0.396 e. The standard InChI is InChI=1S/C27H42O5/c1-15-4-9-27(31-14-15)20(13-28)24-22(32-27)12-19-23-18(6-8-26(19,24)3)25(2)7-5-17(29)10-16(25)11-21(23)30/h11,15,17-24,28-30H,4-10,12-14H2,1-3H3/t15-,17+,18+,19+,20+,21+,22+,23-,24+,25+,26+,27-/m1/s1. The van der Waals surface area contributed by atoms with Crippen LogP contribution >= 0.6 is 0 Å². The van der Waals surface area contributed by atoms with Gasteiger partial charge in [0.05, 0.1) is 31.5 Å². The second kappa shape index (κ2) is 7.27. The number of aliphatic hydroxyl groups excluding tert-OH is 3. The lowest BCUT2D eigenvalue weighted by atomic mass is 9.46. The lowest BCUT2D eigenvalue weighted by Crippen LogP contribution is -2.56. The van der Waals surface area contributed by atoms with Crippen LogP contribution in [0.2, 0.25) is 0 Å². The van der Waals surface area contributed by atoms with E-state index < -0.39 is 11.9 Å². The van der Waals surface area contributed by atoms with Gasteiger partial charge in [0.2, 0.25) is 0 Å². The van der Waals surface area contributed by atoms with Crippen molar-refractivity contribution in [2.45, 2.75) is 96.2 Å². The van der Waals surface area contributed by atoms with E-state index in [1.807, 2.05) is 0 Å². The van der Waals surface area contributed by atoms with Crippen molar-refractivity contribution in [3.8, 4) is 0 Å². The average molecular weight is 447 g/mol. The van der Waals surface area contributed by atoms with Crippen LogP contribution in [0.25, 0.3) is 0 Å². The first-order chi connectivity index (χ1) is 15.2. The van der Waals surface area contributed by atoms with Crippen molar-refractivity contribution in [2.75, 3.05) is 13.2 Å². The highest BCUT2D eigenvalue weighted by atomic mass is 16.7. The number of hydrogen-bond acceptors (Lipinski definition) is 5. The van der Waals surface area contributed by atoms with Crippen molar-refractivity contribution in [3.63, 3.8) is 0 Å². The summed E-state index contributed by atoms with van der Waals surface area (Å²) in [6.45, 7) is 7.89. The second-order valence-electron chi connectivity index (χ2n) is 12.8. The first kappa shape index (κ1) is 22.0. The van der Waals surface area contributed by atoms with Crippen LogP contribution in [0.4, 0.5) is 0 Å². The van der Waals surface area contributed by atoms with E-state index in [0.717, 1.165) is 58.0 Å². The monoisotopic (exact) mass is 446 g/mol. The van der Waals surface area contributed by atoms with Crippen molar-refractivity contribution < 1.29 is 24.8 Å². The average Bonchev–Trinajstić information content (AvgIpc) is 3.21. The zero-order valence-electron chi connectivity index (χ0n) is 20.0. The Morgan fingerprint density at radius 2 is 1.88 bits per heavy atom. The molecule has 0 amide bonds. The van der Waals surface area contributed by atoms with Gasteiger partial charge in [-0.3, -0.25) is 0 Å². The van der Waals surface area contributed by atoms with Gasteiger partial charge in [-0.1, -0.05) is 32.4 Å². The number of fused-ring (bicyclic) bond motifs is 7. The number of rotatable bonds is 1. The molecule has 12 atom stereocenters. The van der Waals surface area contributed by atoms with Gasteiger partial charge in [-0.25, -0.2) is 0 Å². The Bertz CT molecular complexity index is 787. The molecule has 2 saturated heterocycles. The Hall–Kier alpha value is -0.460. The van der Waals surface area contributed by atoms with Crippen LogP contribution in [0, 0.1) is 46.3 Å². The van der Waals surface area contributed by atoms with E-state index in [0.29, 0.717) is 23.7 Å². The van der Waals surface area contributed by atoms with Gasteiger partial charge in [-0.2, -0.15) is 0 Å². The summed E-state index contributed by atoms with van der Waals surface area (Å²) in [5, 5.41) is 32.2. The van der Waals surface area contributed by atoms with Gasteiger partial charge >= 0.3 is 0 Å². The van der Waals surface area contributed by atoms with E-state index >= 15 is 0 Å². The molecule has 0 bridgehead atoms. The van der Waals surface area contributed by atoms with Crippen LogP contribution in [0.3, 0.4) is 0 Å². The van der Waals surface area contributed by atoms with E-state index in [1.54, 1.807) is 0 Å². The van der Waals surface area contributed by atoms with Crippen molar-refractivity contribution in [1.82, 2.24) is 0 Å². The van der Waals surface area contributed by atoms with E-state index in [2.05, 4.69) is 26.8 Å². The molecule has 0 aromatic carbocycles. The van der Waals surface area contributed by atoms with E-state index in [-0.39, 0.29) is 41.5 Å². The van der Waals surface area contributed by atoms with Crippen LogP contribution in [-0.4, -0.2) is 52.6 Å². The summed E-state index contributed by atoms with van der Waals surface area (Å²) in [6, 6.07) is 0. The van der Waals surface area contributed by atoms with E-state index in [9.17, 15) is 15.3 Å². The maximum Gasteiger partial charge on any atom is 0.174 e. The third kappa shape index (κ3) is 2.81. The zero-order chi connectivity index (χ0) is 22.5. The molecule has 3 saturated carbocycles.